The van der Waals surface area contributed by atoms with E-state index in [0.29, 0.717) is 0 Å². The van der Waals surface area contributed by atoms with Gasteiger partial charge in [-0.15, -0.1) is 0 Å². The van der Waals surface area contributed by atoms with E-state index >= 15 is 0 Å². The minimum Gasteiger partial charge on any atom is -0.461 e. The van der Waals surface area contributed by atoms with Gasteiger partial charge in [0.1, 0.15) is 6.61 Å². The monoisotopic (exact) mass is 226 g/mol. The minimum atomic E-state index is -0.714. The zero-order chi connectivity index (χ0) is 12.4. The molecule has 0 heterocycles. The van der Waals surface area contributed by atoms with E-state index in [1.54, 1.807) is 0 Å². The summed E-state index contributed by atoms with van der Waals surface area (Å²) in [6.45, 7) is 7.70. The highest BCUT2D eigenvalue weighted by molar-refractivity contribution is 5.70. The fourth-order valence-electron chi connectivity index (χ4n) is 1.35. The van der Waals surface area contributed by atoms with Crippen LogP contribution in [-0.2, 0) is 9.53 Å². The summed E-state index contributed by atoms with van der Waals surface area (Å²) in [4.78, 5) is 11.2. The Hall–Kier alpha value is -1.09. The fourth-order valence-corrected chi connectivity index (χ4v) is 1.35. The molecule has 0 saturated carbocycles. The number of rotatable bonds is 8. The van der Waals surface area contributed by atoms with Gasteiger partial charge in [0.25, 0.3) is 0 Å². The van der Waals surface area contributed by atoms with E-state index in [1.807, 2.05) is 13.0 Å². The van der Waals surface area contributed by atoms with Gasteiger partial charge in [-0.1, -0.05) is 39.0 Å². The summed E-state index contributed by atoms with van der Waals surface area (Å²) in [6, 6.07) is 0. The van der Waals surface area contributed by atoms with Gasteiger partial charge < -0.3 is 9.84 Å². The van der Waals surface area contributed by atoms with Crippen molar-refractivity contribution < 1.29 is 14.6 Å². The van der Waals surface area contributed by atoms with E-state index in [-0.39, 0.29) is 19.0 Å². The van der Waals surface area contributed by atoms with Crippen molar-refractivity contribution in [2.24, 2.45) is 0 Å². The maximum atomic E-state index is 11.2. The summed E-state index contributed by atoms with van der Waals surface area (Å²) in [5.74, 6) is -0.386. The SMILES string of the molecule is C=CCOC(=O)CC(O)/C(=C/CCC)CC. The highest BCUT2D eigenvalue weighted by Crippen LogP contribution is 2.13. The van der Waals surface area contributed by atoms with Gasteiger partial charge >= 0.3 is 5.97 Å². The first kappa shape index (κ1) is 14.9. The lowest BCUT2D eigenvalue weighted by atomic mass is 10.0. The molecule has 1 atom stereocenters. The molecular formula is C13H22O3. The largest absolute Gasteiger partial charge is 0.461 e. The van der Waals surface area contributed by atoms with Crippen molar-refractivity contribution in [3.8, 4) is 0 Å². The molecule has 0 fully saturated rings. The maximum Gasteiger partial charge on any atom is 0.309 e. The molecule has 1 N–H and O–H groups in total. The van der Waals surface area contributed by atoms with E-state index in [0.717, 1.165) is 24.8 Å². The highest BCUT2D eigenvalue weighted by atomic mass is 16.5. The lowest BCUT2D eigenvalue weighted by Crippen LogP contribution is -2.18. The molecule has 16 heavy (non-hydrogen) atoms. The van der Waals surface area contributed by atoms with Gasteiger partial charge in [0, 0.05) is 0 Å². The Morgan fingerprint density at radius 1 is 1.50 bits per heavy atom. The van der Waals surface area contributed by atoms with Crippen LogP contribution in [0.5, 0.6) is 0 Å². The first-order valence-corrected chi connectivity index (χ1v) is 5.79. The Balaban J connectivity index is 4.14. The number of unbranched alkanes of at least 4 members (excludes halogenated alkanes) is 1. The quantitative estimate of drug-likeness (QED) is 0.511. The number of hydrogen-bond donors (Lipinski definition) is 1. The number of carbonyl (C=O) groups excluding carboxylic acids is 1. The number of hydrogen-bond acceptors (Lipinski definition) is 3. The van der Waals surface area contributed by atoms with Gasteiger partial charge in [0.15, 0.2) is 0 Å². The molecule has 1 unspecified atom stereocenters. The van der Waals surface area contributed by atoms with Crippen molar-refractivity contribution in [2.75, 3.05) is 6.61 Å². The number of allylic oxidation sites excluding steroid dienone is 1. The number of aliphatic hydroxyl groups excluding tert-OH is 1. The van der Waals surface area contributed by atoms with Crippen LogP contribution in [-0.4, -0.2) is 23.8 Å². The molecule has 0 aliphatic heterocycles. The van der Waals surface area contributed by atoms with Crippen LogP contribution >= 0.6 is 0 Å². The van der Waals surface area contributed by atoms with Gasteiger partial charge in [-0.05, 0) is 18.4 Å². The second kappa shape index (κ2) is 9.16. The van der Waals surface area contributed by atoms with E-state index in [1.165, 1.54) is 6.08 Å². The summed E-state index contributed by atoms with van der Waals surface area (Å²) in [5, 5.41) is 9.81. The second-order valence-corrected chi connectivity index (χ2v) is 3.61. The van der Waals surface area contributed by atoms with Crippen molar-refractivity contribution >= 4 is 5.97 Å². The predicted octanol–water partition coefficient (Wildman–Crippen LogP) is 2.60. The smallest absolute Gasteiger partial charge is 0.309 e. The van der Waals surface area contributed by atoms with Crippen LogP contribution in [0.2, 0.25) is 0 Å². The highest BCUT2D eigenvalue weighted by Gasteiger charge is 2.14. The molecule has 0 amide bonds. The summed E-state index contributed by atoms with van der Waals surface area (Å²) >= 11 is 0. The first-order chi connectivity index (χ1) is 7.65. The standard InChI is InChI=1S/C13H22O3/c1-4-7-8-11(6-3)12(14)10-13(15)16-9-5-2/h5,8,12,14H,2,4,6-7,9-10H2,1,3H3/b11-8+. The Kier molecular flexibility index (Phi) is 8.53. The molecule has 3 nitrogen and oxygen atoms in total. The van der Waals surface area contributed by atoms with Gasteiger partial charge in [-0.3, -0.25) is 4.79 Å². The fraction of sp³-hybridized carbons (Fsp3) is 0.615. The van der Waals surface area contributed by atoms with Crippen LogP contribution in [0.25, 0.3) is 0 Å². The van der Waals surface area contributed by atoms with E-state index < -0.39 is 6.10 Å². The van der Waals surface area contributed by atoms with Gasteiger partial charge in [-0.2, -0.15) is 0 Å². The van der Waals surface area contributed by atoms with E-state index in [9.17, 15) is 9.90 Å². The van der Waals surface area contributed by atoms with Gasteiger partial charge in [-0.25, -0.2) is 0 Å². The molecule has 0 aliphatic rings. The first-order valence-electron chi connectivity index (χ1n) is 5.79. The lowest BCUT2D eigenvalue weighted by molar-refractivity contribution is -0.144. The average molecular weight is 226 g/mol. The molecule has 0 aromatic carbocycles. The molecule has 0 rings (SSSR count). The zero-order valence-corrected chi connectivity index (χ0v) is 10.2. The second-order valence-electron chi connectivity index (χ2n) is 3.61. The van der Waals surface area contributed by atoms with Gasteiger partial charge in [0.05, 0.1) is 12.5 Å². The lowest BCUT2D eigenvalue weighted by Gasteiger charge is -2.12. The van der Waals surface area contributed by atoms with Gasteiger partial charge in [0.2, 0.25) is 0 Å². The molecule has 3 heteroatoms. The predicted molar refractivity (Wildman–Crippen MR) is 65.1 cm³/mol. The van der Waals surface area contributed by atoms with Crippen LogP contribution in [0.15, 0.2) is 24.3 Å². The van der Waals surface area contributed by atoms with E-state index in [4.69, 9.17) is 4.74 Å². The molecule has 0 bridgehead atoms. The van der Waals surface area contributed by atoms with Crippen molar-refractivity contribution in [1.29, 1.82) is 0 Å². The van der Waals surface area contributed by atoms with Crippen LogP contribution in [0.1, 0.15) is 39.5 Å². The third-order valence-electron chi connectivity index (χ3n) is 2.25. The summed E-state index contributed by atoms with van der Waals surface area (Å²) in [5.41, 5.74) is 0.914. The topological polar surface area (TPSA) is 46.5 Å². The number of carbonyl (C=O) groups is 1. The van der Waals surface area contributed by atoms with Crippen LogP contribution in [0.3, 0.4) is 0 Å². The molecule has 0 aliphatic carbocycles. The third kappa shape index (κ3) is 6.40. The molecule has 0 aromatic heterocycles. The Labute approximate surface area is 97.8 Å². The zero-order valence-electron chi connectivity index (χ0n) is 10.2. The van der Waals surface area contributed by atoms with E-state index in [2.05, 4.69) is 13.5 Å². The Bertz CT molecular complexity index is 244. The summed E-state index contributed by atoms with van der Waals surface area (Å²) in [6.07, 6.45) is 5.56. The van der Waals surface area contributed by atoms with Crippen molar-refractivity contribution in [3.05, 3.63) is 24.3 Å². The van der Waals surface area contributed by atoms with Crippen LogP contribution in [0, 0.1) is 0 Å². The van der Waals surface area contributed by atoms with Crippen LogP contribution < -0.4 is 0 Å². The molecule has 0 radical (unpaired) electrons. The van der Waals surface area contributed by atoms with Crippen molar-refractivity contribution in [2.45, 2.75) is 45.6 Å². The molecule has 0 aromatic rings. The number of ether oxygens (including phenoxy) is 1. The molecule has 92 valence electrons. The Morgan fingerprint density at radius 2 is 2.19 bits per heavy atom. The van der Waals surface area contributed by atoms with Crippen molar-refractivity contribution in [3.63, 3.8) is 0 Å². The summed E-state index contributed by atoms with van der Waals surface area (Å²) in [7, 11) is 0. The average Bonchev–Trinajstić information content (AvgIpc) is 2.27. The van der Waals surface area contributed by atoms with Crippen LogP contribution in [0.4, 0.5) is 0 Å². The Morgan fingerprint density at radius 3 is 2.69 bits per heavy atom. The molecule has 0 saturated heterocycles. The normalized spacial score (nSPS) is 13.3. The molecule has 0 spiro atoms. The third-order valence-corrected chi connectivity index (χ3v) is 2.25. The minimum absolute atomic E-state index is 0.0250. The molecular weight excluding hydrogens is 204 g/mol. The number of esters is 1. The maximum absolute atomic E-state index is 11.2. The summed E-state index contributed by atoms with van der Waals surface area (Å²) < 4.78 is 4.82. The number of aliphatic hydroxyl groups is 1. The van der Waals surface area contributed by atoms with Crippen molar-refractivity contribution in [1.82, 2.24) is 0 Å².